The molecule has 1 rings (SSSR count). The molecule has 0 aromatic heterocycles. The second kappa shape index (κ2) is 5.01. The number of methoxy groups -OCH3 is 1. The predicted molar refractivity (Wildman–Crippen MR) is 60.8 cm³/mol. The molecule has 1 aromatic carbocycles. The van der Waals surface area contributed by atoms with Crippen molar-refractivity contribution < 1.29 is 17.5 Å². The van der Waals surface area contributed by atoms with Crippen LogP contribution >= 0.6 is 10.7 Å². The summed E-state index contributed by atoms with van der Waals surface area (Å²) >= 11 is 0. The van der Waals surface area contributed by atoms with Crippen molar-refractivity contribution in [2.24, 2.45) is 0 Å². The molecule has 0 aliphatic carbocycles. The van der Waals surface area contributed by atoms with Crippen molar-refractivity contribution in [3.05, 3.63) is 29.1 Å². The van der Waals surface area contributed by atoms with E-state index in [0.717, 1.165) is 0 Å². The Bertz CT molecular complexity index is 485. The zero-order valence-corrected chi connectivity index (χ0v) is 10.5. The summed E-state index contributed by atoms with van der Waals surface area (Å²) in [4.78, 5) is 0. The Morgan fingerprint density at radius 3 is 2.50 bits per heavy atom. The lowest BCUT2D eigenvalue weighted by Gasteiger charge is -2.11. The van der Waals surface area contributed by atoms with Crippen molar-refractivity contribution in [1.82, 2.24) is 0 Å². The lowest BCUT2D eigenvalue weighted by molar-refractivity contribution is 0.406. The smallest absolute Gasteiger partial charge is 0.236 e. The second-order valence-corrected chi connectivity index (χ2v) is 6.06. The van der Waals surface area contributed by atoms with Crippen LogP contribution in [0.1, 0.15) is 18.1 Å². The molecular formula is C10H12ClFO3S. The van der Waals surface area contributed by atoms with Crippen molar-refractivity contribution in [1.29, 1.82) is 0 Å². The normalized spacial score (nSPS) is 11.5. The maximum Gasteiger partial charge on any atom is 0.236 e. The van der Waals surface area contributed by atoms with Gasteiger partial charge in [0.2, 0.25) is 9.05 Å². The molecule has 0 spiro atoms. The standard InChI is InChI=1S/C10H12ClFO3S/c1-3-9-7(6-16(11,13)14)4-8(12)5-10(9)15-2/h4-5H,3,6H2,1-2H3. The molecule has 6 heteroatoms. The van der Waals surface area contributed by atoms with E-state index >= 15 is 0 Å². The Balaban J connectivity index is 3.31. The van der Waals surface area contributed by atoms with Crippen LogP contribution in [0.4, 0.5) is 4.39 Å². The van der Waals surface area contributed by atoms with Gasteiger partial charge in [0.15, 0.2) is 0 Å². The van der Waals surface area contributed by atoms with Crippen LogP contribution in [0.2, 0.25) is 0 Å². The summed E-state index contributed by atoms with van der Waals surface area (Å²) in [5.41, 5.74) is 1.00. The van der Waals surface area contributed by atoms with E-state index in [4.69, 9.17) is 15.4 Å². The fourth-order valence-electron chi connectivity index (χ4n) is 1.56. The van der Waals surface area contributed by atoms with E-state index < -0.39 is 20.6 Å². The first-order chi connectivity index (χ1) is 7.37. The van der Waals surface area contributed by atoms with Crippen molar-refractivity contribution in [2.75, 3.05) is 7.11 Å². The minimum Gasteiger partial charge on any atom is -0.496 e. The second-order valence-electron chi connectivity index (χ2n) is 3.28. The molecule has 0 saturated carbocycles. The molecule has 0 fully saturated rings. The molecule has 90 valence electrons. The van der Waals surface area contributed by atoms with Gasteiger partial charge in [-0.2, -0.15) is 0 Å². The third-order valence-electron chi connectivity index (χ3n) is 2.17. The van der Waals surface area contributed by atoms with Crippen LogP contribution in [0.3, 0.4) is 0 Å². The van der Waals surface area contributed by atoms with Gasteiger partial charge >= 0.3 is 0 Å². The van der Waals surface area contributed by atoms with Gasteiger partial charge in [-0.1, -0.05) is 6.92 Å². The largest absolute Gasteiger partial charge is 0.496 e. The summed E-state index contributed by atoms with van der Waals surface area (Å²) in [5.74, 6) is -0.589. The fraction of sp³-hybridized carbons (Fsp3) is 0.400. The Morgan fingerprint density at radius 1 is 1.44 bits per heavy atom. The third kappa shape index (κ3) is 3.35. The van der Waals surface area contributed by atoms with Gasteiger partial charge in [-0.05, 0) is 23.6 Å². The highest BCUT2D eigenvalue weighted by molar-refractivity contribution is 8.13. The summed E-state index contributed by atoms with van der Waals surface area (Å²) in [6, 6.07) is 2.39. The summed E-state index contributed by atoms with van der Waals surface area (Å²) in [6.07, 6.45) is 0.547. The van der Waals surface area contributed by atoms with Gasteiger partial charge in [-0.3, -0.25) is 0 Å². The number of hydrogen-bond donors (Lipinski definition) is 0. The highest BCUT2D eigenvalue weighted by Crippen LogP contribution is 2.26. The summed E-state index contributed by atoms with van der Waals surface area (Å²) in [6.45, 7) is 1.83. The number of rotatable bonds is 4. The SMILES string of the molecule is CCc1c(CS(=O)(=O)Cl)cc(F)cc1OC. The van der Waals surface area contributed by atoms with Crippen molar-refractivity contribution in [3.63, 3.8) is 0 Å². The van der Waals surface area contributed by atoms with E-state index in [1.165, 1.54) is 19.2 Å². The molecular weight excluding hydrogens is 255 g/mol. The average molecular weight is 267 g/mol. The van der Waals surface area contributed by atoms with Gasteiger partial charge in [0.25, 0.3) is 0 Å². The van der Waals surface area contributed by atoms with Gasteiger partial charge in [0, 0.05) is 16.7 Å². The molecule has 0 atom stereocenters. The number of benzene rings is 1. The Morgan fingerprint density at radius 2 is 2.06 bits per heavy atom. The molecule has 0 radical (unpaired) electrons. The van der Waals surface area contributed by atoms with Crippen LogP contribution < -0.4 is 4.74 Å². The van der Waals surface area contributed by atoms with Gasteiger partial charge in [-0.15, -0.1) is 0 Å². The van der Waals surface area contributed by atoms with Gasteiger partial charge in [0.05, 0.1) is 12.9 Å². The summed E-state index contributed by atoms with van der Waals surface area (Å²) in [5, 5.41) is 0. The molecule has 0 heterocycles. The maximum absolute atomic E-state index is 13.2. The molecule has 0 unspecified atom stereocenters. The lowest BCUT2D eigenvalue weighted by atomic mass is 10.1. The molecule has 3 nitrogen and oxygen atoms in total. The van der Waals surface area contributed by atoms with Crippen molar-refractivity contribution in [2.45, 2.75) is 19.1 Å². The van der Waals surface area contributed by atoms with Crippen LogP contribution in [-0.2, 0) is 21.2 Å². The first-order valence-corrected chi connectivity index (χ1v) is 7.13. The first-order valence-electron chi connectivity index (χ1n) is 4.65. The summed E-state index contributed by atoms with van der Waals surface area (Å²) in [7, 11) is 2.86. The number of halogens is 2. The highest BCUT2D eigenvalue weighted by Gasteiger charge is 2.15. The van der Waals surface area contributed by atoms with Crippen molar-refractivity contribution >= 4 is 19.7 Å². The van der Waals surface area contributed by atoms with E-state index in [-0.39, 0.29) is 0 Å². The van der Waals surface area contributed by atoms with Crippen LogP contribution in [0, 0.1) is 5.82 Å². The van der Waals surface area contributed by atoms with E-state index in [9.17, 15) is 12.8 Å². The topological polar surface area (TPSA) is 43.4 Å². The van der Waals surface area contributed by atoms with Crippen LogP contribution in [0.25, 0.3) is 0 Å². The van der Waals surface area contributed by atoms with Gasteiger partial charge in [0.1, 0.15) is 11.6 Å². The molecule has 16 heavy (non-hydrogen) atoms. The van der Waals surface area contributed by atoms with Gasteiger partial charge in [-0.25, -0.2) is 12.8 Å². The highest BCUT2D eigenvalue weighted by atomic mass is 35.7. The Kier molecular flexibility index (Phi) is 4.15. The summed E-state index contributed by atoms with van der Waals surface area (Å²) < 4.78 is 40.1. The van der Waals surface area contributed by atoms with Crippen molar-refractivity contribution in [3.8, 4) is 5.75 Å². The minimum atomic E-state index is -3.70. The van der Waals surface area contributed by atoms with Crippen LogP contribution in [-0.4, -0.2) is 15.5 Å². The zero-order valence-electron chi connectivity index (χ0n) is 8.96. The first kappa shape index (κ1) is 13.3. The monoisotopic (exact) mass is 266 g/mol. The van der Waals surface area contributed by atoms with Crippen LogP contribution in [0.5, 0.6) is 5.75 Å². The molecule has 0 N–H and O–H groups in total. The molecule has 0 aliphatic rings. The molecule has 1 aromatic rings. The van der Waals surface area contributed by atoms with Crippen LogP contribution in [0.15, 0.2) is 12.1 Å². The van der Waals surface area contributed by atoms with Gasteiger partial charge < -0.3 is 4.74 Å². The Hall–Kier alpha value is -0.810. The molecule has 0 amide bonds. The molecule has 0 aliphatic heterocycles. The average Bonchev–Trinajstić information content (AvgIpc) is 2.14. The number of ether oxygens (including phenoxy) is 1. The quantitative estimate of drug-likeness (QED) is 0.787. The maximum atomic E-state index is 13.2. The van der Waals surface area contributed by atoms with E-state index in [2.05, 4.69) is 0 Å². The van der Waals surface area contributed by atoms with E-state index in [0.29, 0.717) is 23.3 Å². The molecule has 0 saturated heterocycles. The zero-order chi connectivity index (χ0) is 12.3. The minimum absolute atomic E-state index is 0.342. The third-order valence-corrected chi connectivity index (χ3v) is 3.15. The lowest BCUT2D eigenvalue weighted by Crippen LogP contribution is -2.03. The molecule has 0 bridgehead atoms. The number of hydrogen-bond acceptors (Lipinski definition) is 3. The van der Waals surface area contributed by atoms with E-state index in [1.54, 1.807) is 0 Å². The predicted octanol–water partition coefficient (Wildman–Crippen LogP) is 2.47. The Labute approximate surface area is 98.6 Å². The fourth-order valence-corrected chi connectivity index (χ4v) is 2.55. The van der Waals surface area contributed by atoms with E-state index in [1.807, 2.05) is 6.92 Å².